The van der Waals surface area contributed by atoms with Crippen molar-refractivity contribution >= 4 is 12.0 Å². The molecule has 5 heteroatoms. The number of hydrogen-bond acceptors (Lipinski definition) is 2. The molecule has 0 aliphatic heterocycles. The maximum atomic E-state index is 13.5. The Hall–Kier alpha value is -3.21. The second-order valence-electron chi connectivity index (χ2n) is 5.19. The molecule has 3 aromatic rings. The molecule has 4 nitrogen and oxygen atoms in total. The number of carbonyl (C=O) groups is 1. The average molecular weight is 321 g/mol. The van der Waals surface area contributed by atoms with Crippen LogP contribution in [0.4, 0.5) is 4.39 Å². The lowest BCUT2D eigenvalue weighted by Crippen LogP contribution is -2.20. The second-order valence-corrected chi connectivity index (χ2v) is 5.19. The minimum absolute atomic E-state index is 0.269. The van der Waals surface area contributed by atoms with Gasteiger partial charge in [-0.15, -0.1) is 0 Å². The lowest BCUT2D eigenvalue weighted by atomic mass is 10.2. The molecule has 0 saturated carbocycles. The van der Waals surface area contributed by atoms with Crippen LogP contribution < -0.4 is 5.32 Å². The van der Waals surface area contributed by atoms with Gasteiger partial charge in [-0.2, -0.15) is 5.10 Å². The van der Waals surface area contributed by atoms with Crippen LogP contribution in [0.25, 0.3) is 11.8 Å². The first-order valence-electron chi connectivity index (χ1n) is 7.52. The molecule has 0 unspecified atom stereocenters. The van der Waals surface area contributed by atoms with Crippen LogP contribution in [0.2, 0.25) is 0 Å². The Kier molecular flexibility index (Phi) is 4.81. The van der Waals surface area contributed by atoms with Gasteiger partial charge in [-0.1, -0.05) is 30.3 Å². The summed E-state index contributed by atoms with van der Waals surface area (Å²) in [7, 11) is 0. The molecule has 0 spiro atoms. The van der Waals surface area contributed by atoms with E-state index in [1.54, 1.807) is 29.1 Å². The van der Waals surface area contributed by atoms with Crippen LogP contribution in [-0.4, -0.2) is 15.7 Å². The topological polar surface area (TPSA) is 46.9 Å². The highest BCUT2D eigenvalue weighted by Crippen LogP contribution is 2.09. The summed E-state index contributed by atoms with van der Waals surface area (Å²) >= 11 is 0. The number of nitrogens with one attached hydrogen (secondary N) is 1. The molecule has 0 bridgehead atoms. The SMILES string of the molecule is O=C(/C=C/c1ccccc1F)NCc1ccc(-n2cccn2)cc1. The number of hydrogen-bond donors (Lipinski definition) is 1. The third kappa shape index (κ3) is 3.95. The normalized spacial score (nSPS) is 10.9. The minimum Gasteiger partial charge on any atom is -0.348 e. The van der Waals surface area contributed by atoms with E-state index in [9.17, 15) is 9.18 Å². The summed E-state index contributed by atoms with van der Waals surface area (Å²) in [5.41, 5.74) is 2.31. The summed E-state index contributed by atoms with van der Waals surface area (Å²) in [5, 5.41) is 6.93. The minimum atomic E-state index is -0.351. The van der Waals surface area contributed by atoms with E-state index in [2.05, 4.69) is 10.4 Å². The molecule has 3 rings (SSSR count). The van der Waals surface area contributed by atoms with Gasteiger partial charge >= 0.3 is 0 Å². The molecule has 120 valence electrons. The highest BCUT2D eigenvalue weighted by atomic mass is 19.1. The molecule has 2 aromatic carbocycles. The van der Waals surface area contributed by atoms with Crippen molar-refractivity contribution in [2.75, 3.05) is 0 Å². The molecule has 1 amide bonds. The average Bonchev–Trinajstić information content (AvgIpc) is 3.14. The Morgan fingerprint density at radius 2 is 1.92 bits per heavy atom. The molecular weight excluding hydrogens is 305 g/mol. The molecule has 0 saturated heterocycles. The lowest BCUT2D eigenvalue weighted by Gasteiger charge is -2.05. The Morgan fingerprint density at radius 3 is 2.62 bits per heavy atom. The molecule has 24 heavy (non-hydrogen) atoms. The number of rotatable bonds is 5. The molecule has 0 aliphatic rings. The van der Waals surface area contributed by atoms with Crippen molar-refractivity contribution < 1.29 is 9.18 Å². The fourth-order valence-electron chi connectivity index (χ4n) is 2.21. The summed E-state index contributed by atoms with van der Waals surface area (Å²) in [4.78, 5) is 11.8. The van der Waals surface area contributed by atoms with Gasteiger partial charge in [0.2, 0.25) is 5.91 Å². The lowest BCUT2D eigenvalue weighted by molar-refractivity contribution is -0.116. The van der Waals surface area contributed by atoms with E-state index in [-0.39, 0.29) is 11.7 Å². The Bertz CT molecular complexity index is 839. The monoisotopic (exact) mass is 321 g/mol. The van der Waals surface area contributed by atoms with Gasteiger partial charge in [-0.25, -0.2) is 9.07 Å². The predicted molar refractivity (Wildman–Crippen MR) is 90.8 cm³/mol. The predicted octanol–water partition coefficient (Wildman–Crippen LogP) is 3.34. The van der Waals surface area contributed by atoms with Crippen LogP contribution in [-0.2, 0) is 11.3 Å². The zero-order chi connectivity index (χ0) is 16.8. The first-order valence-corrected chi connectivity index (χ1v) is 7.52. The summed E-state index contributed by atoms with van der Waals surface area (Å²) in [6.07, 6.45) is 6.38. The highest BCUT2D eigenvalue weighted by Gasteiger charge is 2.00. The van der Waals surface area contributed by atoms with Crippen molar-refractivity contribution in [1.29, 1.82) is 0 Å². The van der Waals surface area contributed by atoms with Crippen molar-refractivity contribution in [3.63, 3.8) is 0 Å². The zero-order valence-corrected chi connectivity index (χ0v) is 12.9. The largest absolute Gasteiger partial charge is 0.348 e. The Balaban J connectivity index is 1.55. The van der Waals surface area contributed by atoms with Crippen LogP contribution in [0, 0.1) is 5.82 Å². The maximum absolute atomic E-state index is 13.5. The molecule has 0 aliphatic carbocycles. The van der Waals surface area contributed by atoms with E-state index in [4.69, 9.17) is 0 Å². The van der Waals surface area contributed by atoms with Gasteiger partial charge < -0.3 is 5.32 Å². The van der Waals surface area contributed by atoms with Crippen LogP contribution in [0.15, 0.2) is 73.1 Å². The number of nitrogens with zero attached hydrogens (tertiary/aromatic N) is 2. The fraction of sp³-hybridized carbons (Fsp3) is 0.0526. The summed E-state index contributed by atoms with van der Waals surface area (Å²) in [6, 6.07) is 15.9. The van der Waals surface area contributed by atoms with Crippen molar-refractivity contribution in [3.05, 3.63) is 90.0 Å². The Morgan fingerprint density at radius 1 is 1.12 bits per heavy atom. The fourth-order valence-corrected chi connectivity index (χ4v) is 2.21. The molecule has 1 aromatic heterocycles. The maximum Gasteiger partial charge on any atom is 0.244 e. The number of aromatic nitrogens is 2. The van der Waals surface area contributed by atoms with E-state index < -0.39 is 0 Å². The Labute approximate surface area is 139 Å². The van der Waals surface area contributed by atoms with Crippen LogP contribution in [0.5, 0.6) is 0 Å². The number of amides is 1. The zero-order valence-electron chi connectivity index (χ0n) is 12.9. The van der Waals surface area contributed by atoms with E-state index in [1.165, 1.54) is 18.2 Å². The smallest absolute Gasteiger partial charge is 0.244 e. The quantitative estimate of drug-likeness (QED) is 0.733. The first-order chi connectivity index (χ1) is 11.7. The first kappa shape index (κ1) is 15.7. The third-order valence-electron chi connectivity index (χ3n) is 3.49. The van der Waals surface area contributed by atoms with E-state index >= 15 is 0 Å². The standard InChI is InChI=1S/C19H16FN3O/c20-18-5-2-1-4-16(18)8-11-19(24)21-14-15-6-9-17(10-7-15)23-13-3-12-22-23/h1-13H,14H2,(H,21,24)/b11-8+. The molecule has 0 radical (unpaired) electrons. The van der Waals surface area contributed by atoms with Gasteiger partial charge in [-0.05, 0) is 35.9 Å². The highest BCUT2D eigenvalue weighted by molar-refractivity contribution is 5.91. The number of benzene rings is 2. The van der Waals surface area contributed by atoms with Crippen LogP contribution in [0.1, 0.15) is 11.1 Å². The summed E-state index contributed by atoms with van der Waals surface area (Å²) < 4.78 is 15.2. The van der Waals surface area contributed by atoms with Crippen molar-refractivity contribution in [1.82, 2.24) is 15.1 Å². The molecule has 1 N–H and O–H groups in total. The van der Waals surface area contributed by atoms with Crippen molar-refractivity contribution in [2.24, 2.45) is 0 Å². The van der Waals surface area contributed by atoms with Gasteiger partial charge in [0, 0.05) is 30.6 Å². The van der Waals surface area contributed by atoms with Gasteiger partial charge in [-0.3, -0.25) is 4.79 Å². The third-order valence-corrected chi connectivity index (χ3v) is 3.49. The van der Waals surface area contributed by atoms with Crippen molar-refractivity contribution in [2.45, 2.75) is 6.54 Å². The van der Waals surface area contributed by atoms with Gasteiger partial charge in [0.25, 0.3) is 0 Å². The molecule has 0 fully saturated rings. The van der Waals surface area contributed by atoms with E-state index in [0.29, 0.717) is 12.1 Å². The molecular formula is C19H16FN3O. The number of carbonyl (C=O) groups excluding carboxylic acids is 1. The summed E-state index contributed by atoms with van der Waals surface area (Å²) in [6.45, 7) is 0.403. The second kappa shape index (κ2) is 7.37. The van der Waals surface area contributed by atoms with Gasteiger partial charge in [0.05, 0.1) is 5.69 Å². The van der Waals surface area contributed by atoms with Gasteiger partial charge in [0.1, 0.15) is 5.82 Å². The van der Waals surface area contributed by atoms with Crippen LogP contribution in [0.3, 0.4) is 0 Å². The van der Waals surface area contributed by atoms with Crippen molar-refractivity contribution in [3.8, 4) is 5.69 Å². The molecule has 1 heterocycles. The van der Waals surface area contributed by atoms with E-state index in [0.717, 1.165) is 11.3 Å². The van der Waals surface area contributed by atoms with Gasteiger partial charge in [0.15, 0.2) is 0 Å². The van der Waals surface area contributed by atoms with Crippen LogP contribution >= 0.6 is 0 Å². The number of halogens is 1. The summed E-state index contributed by atoms with van der Waals surface area (Å²) in [5.74, 6) is -0.620. The molecule has 0 atom stereocenters. The van der Waals surface area contributed by atoms with E-state index in [1.807, 2.05) is 36.5 Å².